The van der Waals surface area contributed by atoms with Crippen LogP contribution in [-0.2, 0) is 0 Å². The molecule has 2 atom stereocenters. The molecule has 4 nitrogen and oxygen atoms in total. The number of likely N-dealkylation sites (tertiary alicyclic amines) is 1. The minimum atomic E-state index is 0.0765. The van der Waals surface area contributed by atoms with Crippen LogP contribution in [0.5, 0.6) is 0 Å². The third kappa shape index (κ3) is 4.19. The maximum absolute atomic E-state index is 9.22. The fourth-order valence-corrected chi connectivity index (χ4v) is 2.71. The number of rotatable bonds is 7. The van der Waals surface area contributed by atoms with Crippen LogP contribution in [0.25, 0.3) is 0 Å². The summed E-state index contributed by atoms with van der Waals surface area (Å²) in [5, 5.41) is 12.9. The Morgan fingerprint density at radius 2 is 1.94 bits per heavy atom. The van der Waals surface area contributed by atoms with Crippen molar-refractivity contribution in [3.05, 3.63) is 0 Å². The van der Waals surface area contributed by atoms with Gasteiger partial charge in [0, 0.05) is 24.7 Å². The molecule has 1 fully saturated rings. The van der Waals surface area contributed by atoms with Gasteiger partial charge in [0.25, 0.3) is 0 Å². The van der Waals surface area contributed by atoms with E-state index in [9.17, 15) is 5.11 Å². The lowest BCUT2D eigenvalue weighted by Crippen LogP contribution is -2.61. The molecule has 4 heteroatoms. The topological polar surface area (TPSA) is 61.5 Å². The van der Waals surface area contributed by atoms with Crippen LogP contribution >= 0.6 is 0 Å². The SMILES string of the molecule is CCCN1CCC(CN)(NC(C)C(C)CO)CC1. The number of aliphatic hydroxyl groups is 1. The number of nitrogens with zero attached hydrogens (tertiary/aromatic N) is 1. The summed E-state index contributed by atoms with van der Waals surface area (Å²) in [4.78, 5) is 2.52. The van der Waals surface area contributed by atoms with Gasteiger partial charge in [-0.3, -0.25) is 0 Å². The van der Waals surface area contributed by atoms with Crippen LogP contribution in [0.2, 0.25) is 0 Å². The number of hydrogen-bond donors (Lipinski definition) is 3. The van der Waals surface area contributed by atoms with E-state index in [0.29, 0.717) is 12.6 Å². The van der Waals surface area contributed by atoms with Gasteiger partial charge in [0.2, 0.25) is 0 Å². The first kappa shape index (κ1) is 15.9. The average Bonchev–Trinajstić information content (AvgIpc) is 2.40. The molecule has 1 aliphatic heterocycles. The van der Waals surface area contributed by atoms with Crippen molar-refractivity contribution in [2.45, 2.75) is 51.6 Å². The lowest BCUT2D eigenvalue weighted by Gasteiger charge is -2.44. The highest BCUT2D eigenvalue weighted by atomic mass is 16.3. The number of piperidine rings is 1. The zero-order chi connectivity index (χ0) is 13.6. The maximum Gasteiger partial charge on any atom is 0.0471 e. The van der Waals surface area contributed by atoms with E-state index in [0.717, 1.165) is 25.9 Å². The molecular weight excluding hydrogens is 226 g/mol. The lowest BCUT2D eigenvalue weighted by atomic mass is 9.85. The van der Waals surface area contributed by atoms with Gasteiger partial charge in [-0.15, -0.1) is 0 Å². The Bertz CT molecular complexity index is 227. The fourth-order valence-electron chi connectivity index (χ4n) is 2.71. The van der Waals surface area contributed by atoms with Crippen molar-refractivity contribution in [1.29, 1.82) is 0 Å². The van der Waals surface area contributed by atoms with Gasteiger partial charge in [-0.25, -0.2) is 0 Å². The summed E-state index contributed by atoms with van der Waals surface area (Å²) in [5.74, 6) is 0.280. The second-order valence-corrected chi connectivity index (χ2v) is 5.92. The van der Waals surface area contributed by atoms with Crippen LogP contribution in [0.1, 0.15) is 40.0 Å². The van der Waals surface area contributed by atoms with Crippen molar-refractivity contribution in [3.8, 4) is 0 Å². The predicted octanol–water partition coefficient (Wildman–Crippen LogP) is 0.796. The molecule has 1 aliphatic rings. The van der Waals surface area contributed by atoms with Gasteiger partial charge in [0.05, 0.1) is 0 Å². The molecule has 4 N–H and O–H groups in total. The monoisotopic (exact) mass is 257 g/mol. The minimum Gasteiger partial charge on any atom is -0.396 e. The highest BCUT2D eigenvalue weighted by molar-refractivity contribution is 4.96. The average molecular weight is 257 g/mol. The van der Waals surface area contributed by atoms with Crippen LogP contribution in [0.15, 0.2) is 0 Å². The molecule has 0 aliphatic carbocycles. The van der Waals surface area contributed by atoms with Gasteiger partial charge in [-0.2, -0.15) is 0 Å². The quantitative estimate of drug-likeness (QED) is 0.631. The van der Waals surface area contributed by atoms with E-state index in [4.69, 9.17) is 5.73 Å². The Hall–Kier alpha value is -0.160. The Morgan fingerprint density at radius 1 is 1.33 bits per heavy atom. The summed E-state index contributed by atoms with van der Waals surface area (Å²) in [5.41, 5.74) is 6.08. The van der Waals surface area contributed by atoms with E-state index in [1.54, 1.807) is 0 Å². The van der Waals surface area contributed by atoms with E-state index in [-0.39, 0.29) is 18.1 Å². The molecular formula is C14H31N3O. The Labute approximate surface area is 112 Å². The number of nitrogens with one attached hydrogen (secondary N) is 1. The van der Waals surface area contributed by atoms with E-state index >= 15 is 0 Å². The van der Waals surface area contributed by atoms with Crippen LogP contribution in [0, 0.1) is 5.92 Å². The summed E-state index contributed by atoms with van der Waals surface area (Å²) in [6.07, 6.45) is 3.46. The third-order valence-electron chi connectivity index (χ3n) is 4.42. The summed E-state index contributed by atoms with van der Waals surface area (Å²) in [7, 11) is 0. The van der Waals surface area contributed by atoms with Crippen molar-refractivity contribution < 1.29 is 5.11 Å². The van der Waals surface area contributed by atoms with Crippen LogP contribution in [-0.4, -0.2) is 54.4 Å². The lowest BCUT2D eigenvalue weighted by molar-refractivity contribution is 0.112. The fraction of sp³-hybridized carbons (Fsp3) is 1.00. The highest BCUT2D eigenvalue weighted by Crippen LogP contribution is 2.23. The van der Waals surface area contributed by atoms with Crippen LogP contribution < -0.4 is 11.1 Å². The molecule has 108 valence electrons. The third-order valence-corrected chi connectivity index (χ3v) is 4.42. The predicted molar refractivity (Wildman–Crippen MR) is 76.6 cm³/mol. The van der Waals surface area contributed by atoms with Crippen LogP contribution in [0.3, 0.4) is 0 Å². The molecule has 0 amide bonds. The Morgan fingerprint density at radius 3 is 2.39 bits per heavy atom. The van der Waals surface area contributed by atoms with Gasteiger partial charge in [-0.1, -0.05) is 13.8 Å². The van der Waals surface area contributed by atoms with E-state index < -0.39 is 0 Å². The number of nitrogens with two attached hydrogens (primary N) is 1. The van der Waals surface area contributed by atoms with Gasteiger partial charge in [-0.05, 0) is 51.7 Å². The van der Waals surface area contributed by atoms with Crippen molar-refractivity contribution in [2.24, 2.45) is 11.7 Å². The molecule has 0 bridgehead atoms. The minimum absolute atomic E-state index is 0.0765. The molecule has 1 saturated heterocycles. The zero-order valence-corrected chi connectivity index (χ0v) is 12.3. The smallest absolute Gasteiger partial charge is 0.0471 e. The van der Waals surface area contributed by atoms with Gasteiger partial charge < -0.3 is 21.1 Å². The molecule has 0 aromatic heterocycles. The van der Waals surface area contributed by atoms with Gasteiger partial charge >= 0.3 is 0 Å². The molecule has 0 radical (unpaired) electrons. The Kier molecular flexibility index (Phi) is 6.57. The first-order chi connectivity index (χ1) is 8.56. The van der Waals surface area contributed by atoms with E-state index in [2.05, 4.69) is 31.0 Å². The Balaban J connectivity index is 2.50. The molecule has 2 unspecified atom stereocenters. The van der Waals surface area contributed by atoms with Gasteiger partial charge in [0.15, 0.2) is 0 Å². The maximum atomic E-state index is 9.22. The van der Waals surface area contributed by atoms with Crippen molar-refractivity contribution in [2.75, 3.05) is 32.8 Å². The normalized spacial score (nSPS) is 23.8. The molecule has 1 heterocycles. The zero-order valence-electron chi connectivity index (χ0n) is 12.3. The molecule has 0 spiro atoms. The molecule has 0 aromatic carbocycles. The molecule has 0 aromatic rings. The largest absolute Gasteiger partial charge is 0.396 e. The summed E-state index contributed by atoms with van der Waals surface area (Å²) >= 11 is 0. The first-order valence-corrected chi connectivity index (χ1v) is 7.38. The summed E-state index contributed by atoms with van der Waals surface area (Å²) < 4.78 is 0. The number of aliphatic hydroxyl groups excluding tert-OH is 1. The van der Waals surface area contributed by atoms with Crippen molar-refractivity contribution in [3.63, 3.8) is 0 Å². The standard InChI is InChI=1S/C14H31N3O/c1-4-7-17-8-5-14(11-15,6-9-17)16-13(3)12(2)10-18/h12-13,16,18H,4-11,15H2,1-3H3. The molecule has 0 saturated carbocycles. The second-order valence-electron chi connectivity index (χ2n) is 5.92. The van der Waals surface area contributed by atoms with Crippen molar-refractivity contribution in [1.82, 2.24) is 10.2 Å². The molecule has 18 heavy (non-hydrogen) atoms. The van der Waals surface area contributed by atoms with Crippen molar-refractivity contribution >= 4 is 0 Å². The summed E-state index contributed by atoms with van der Waals surface area (Å²) in [6.45, 7) is 10.9. The number of hydrogen-bond acceptors (Lipinski definition) is 4. The van der Waals surface area contributed by atoms with E-state index in [1.165, 1.54) is 13.0 Å². The molecule has 1 rings (SSSR count). The highest BCUT2D eigenvalue weighted by Gasteiger charge is 2.34. The first-order valence-electron chi connectivity index (χ1n) is 7.38. The second kappa shape index (κ2) is 7.43. The van der Waals surface area contributed by atoms with Crippen LogP contribution in [0.4, 0.5) is 0 Å². The van der Waals surface area contributed by atoms with Gasteiger partial charge in [0.1, 0.15) is 0 Å². The van der Waals surface area contributed by atoms with E-state index in [1.807, 2.05) is 0 Å². The summed E-state index contributed by atoms with van der Waals surface area (Å²) in [6, 6.07) is 0.316.